The van der Waals surface area contributed by atoms with E-state index in [0.717, 1.165) is 6.42 Å². The van der Waals surface area contributed by atoms with Gasteiger partial charge in [0.1, 0.15) is 0 Å². The van der Waals surface area contributed by atoms with Gasteiger partial charge < -0.3 is 15.7 Å². The number of urea groups is 1. The maximum absolute atomic E-state index is 11.8. The highest BCUT2D eigenvalue weighted by Gasteiger charge is 2.22. The van der Waals surface area contributed by atoms with Gasteiger partial charge >= 0.3 is 12.0 Å². The topological polar surface area (TPSA) is 78.4 Å². The Balaban J connectivity index is 2.38. The minimum absolute atomic E-state index is 0.0376. The molecule has 1 rings (SSSR count). The number of hydrogen-bond donors (Lipinski definition) is 3. The van der Waals surface area contributed by atoms with E-state index in [9.17, 15) is 9.59 Å². The second-order valence-electron chi connectivity index (χ2n) is 6.34. The molecule has 0 radical (unpaired) electrons. The molecule has 0 fully saturated rings. The molecule has 0 saturated heterocycles. The van der Waals surface area contributed by atoms with Crippen molar-refractivity contribution in [1.82, 2.24) is 10.6 Å². The first-order valence-electron chi connectivity index (χ1n) is 7.03. The van der Waals surface area contributed by atoms with Gasteiger partial charge in [-0.25, -0.2) is 4.79 Å². The summed E-state index contributed by atoms with van der Waals surface area (Å²) in [5, 5.41) is 18.5. The Kier molecular flexibility index (Phi) is 6.68. The molecule has 1 unspecified atom stereocenters. The fraction of sp³-hybridized carbons (Fsp3) is 0.600. The van der Waals surface area contributed by atoms with Crippen LogP contribution in [-0.2, 0) is 11.2 Å². The smallest absolute Gasteiger partial charge is 0.315 e. The van der Waals surface area contributed by atoms with Crippen LogP contribution in [0, 0.1) is 5.41 Å². The van der Waals surface area contributed by atoms with E-state index < -0.39 is 5.97 Å². The first-order chi connectivity index (χ1) is 9.76. The first-order valence-corrected chi connectivity index (χ1v) is 7.98. The van der Waals surface area contributed by atoms with Gasteiger partial charge in [0, 0.05) is 12.6 Å². The van der Waals surface area contributed by atoms with E-state index in [1.54, 1.807) is 11.3 Å². The van der Waals surface area contributed by atoms with E-state index in [1.807, 2.05) is 37.6 Å². The highest BCUT2D eigenvalue weighted by Crippen LogP contribution is 2.22. The van der Waals surface area contributed by atoms with Crippen LogP contribution in [0.3, 0.4) is 0 Å². The lowest BCUT2D eigenvalue weighted by atomic mass is 9.87. The number of rotatable bonds is 7. The summed E-state index contributed by atoms with van der Waals surface area (Å²) >= 11 is 1.63. The number of aliphatic carboxylic acids is 1. The molecule has 0 aliphatic carbocycles. The molecular formula is C15H24N2O3S. The monoisotopic (exact) mass is 312 g/mol. The van der Waals surface area contributed by atoms with Gasteiger partial charge in [-0.2, -0.15) is 11.3 Å². The van der Waals surface area contributed by atoms with Gasteiger partial charge in [0.15, 0.2) is 0 Å². The number of thiophene rings is 1. The molecule has 0 aliphatic heterocycles. The molecule has 0 bridgehead atoms. The molecule has 1 aromatic heterocycles. The third kappa shape index (κ3) is 8.34. The van der Waals surface area contributed by atoms with E-state index in [2.05, 4.69) is 10.6 Å². The van der Waals surface area contributed by atoms with Crippen LogP contribution in [0.2, 0.25) is 0 Å². The van der Waals surface area contributed by atoms with Crippen molar-refractivity contribution in [3.8, 4) is 0 Å². The Labute approximate surface area is 129 Å². The summed E-state index contributed by atoms with van der Waals surface area (Å²) in [6.45, 7) is 6.62. The summed E-state index contributed by atoms with van der Waals surface area (Å²) < 4.78 is 0. The Morgan fingerprint density at radius 1 is 1.38 bits per heavy atom. The minimum Gasteiger partial charge on any atom is -0.481 e. The van der Waals surface area contributed by atoms with Gasteiger partial charge in [-0.3, -0.25) is 4.79 Å². The van der Waals surface area contributed by atoms with Gasteiger partial charge in [0.25, 0.3) is 0 Å². The number of carboxylic acid groups (broad SMARTS) is 1. The Hall–Kier alpha value is -1.56. The highest BCUT2D eigenvalue weighted by molar-refractivity contribution is 7.07. The molecular weight excluding hydrogens is 288 g/mol. The van der Waals surface area contributed by atoms with Crippen molar-refractivity contribution in [2.24, 2.45) is 5.41 Å². The summed E-state index contributed by atoms with van der Waals surface area (Å²) in [6.07, 6.45) is 1.34. The molecule has 2 amide bonds. The summed E-state index contributed by atoms with van der Waals surface area (Å²) in [7, 11) is 0. The standard InChI is InChI=1S/C15H24N2O3S/c1-15(2,3)9-12(8-13(18)19)17-14(20)16-6-4-11-5-7-21-10-11/h5,7,10,12H,4,6,8-9H2,1-3H3,(H,18,19)(H2,16,17,20). The second-order valence-corrected chi connectivity index (χ2v) is 7.12. The Morgan fingerprint density at radius 2 is 2.10 bits per heavy atom. The van der Waals surface area contributed by atoms with Crippen LogP contribution >= 0.6 is 11.3 Å². The van der Waals surface area contributed by atoms with Crippen molar-refractivity contribution in [3.63, 3.8) is 0 Å². The van der Waals surface area contributed by atoms with Crippen LogP contribution in [0.15, 0.2) is 16.8 Å². The van der Waals surface area contributed by atoms with Gasteiger partial charge in [0.05, 0.1) is 6.42 Å². The molecule has 1 heterocycles. The van der Waals surface area contributed by atoms with Gasteiger partial charge in [-0.05, 0) is 40.6 Å². The number of nitrogens with one attached hydrogen (secondary N) is 2. The lowest BCUT2D eigenvalue weighted by Gasteiger charge is -2.25. The fourth-order valence-electron chi connectivity index (χ4n) is 2.12. The highest BCUT2D eigenvalue weighted by atomic mass is 32.1. The predicted octanol–water partition coefficient (Wildman–Crippen LogP) is 2.87. The largest absolute Gasteiger partial charge is 0.481 e. The van der Waals surface area contributed by atoms with Crippen LogP contribution in [0.5, 0.6) is 0 Å². The first kappa shape index (κ1) is 17.5. The molecule has 5 nitrogen and oxygen atoms in total. The predicted molar refractivity (Wildman–Crippen MR) is 84.7 cm³/mol. The third-order valence-corrected chi connectivity index (χ3v) is 3.63. The average Bonchev–Trinajstić information content (AvgIpc) is 2.78. The van der Waals surface area contributed by atoms with E-state index >= 15 is 0 Å². The minimum atomic E-state index is -0.900. The number of hydrogen-bond acceptors (Lipinski definition) is 3. The van der Waals surface area contributed by atoms with Crippen molar-refractivity contribution < 1.29 is 14.7 Å². The molecule has 6 heteroatoms. The maximum Gasteiger partial charge on any atom is 0.315 e. The van der Waals surface area contributed by atoms with E-state index in [4.69, 9.17) is 5.11 Å². The third-order valence-electron chi connectivity index (χ3n) is 2.89. The number of carbonyl (C=O) groups excluding carboxylic acids is 1. The lowest BCUT2D eigenvalue weighted by Crippen LogP contribution is -2.45. The average molecular weight is 312 g/mol. The molecule has 0 spiro atoms. The number of carbonyl (C=O) groups is 2. The number of carboxylic acids is 1. The van der Waals surface area contributed by atoms with Crippen molar-refractivity contribution in [1.29, 1.82) is 0 Å². The molecule has 118 valence electrons. The summed E-state index contributed by atoms with van der Waals surface area (Å²) in [5.74, 6) is -0.900. The molecule has 1 aromatic rings. The molecule has 3 N–H and O–H groups in total. The van der Waals surface area contributed by atoms with Crippen molar-refractivity contribution >= 4 is 23.3 Å². The van der Waals surface area contributed by atoms with Gasteiger partial charge in [0.2, 0.25) is 0 Å². The Bertz CT molecular complexity index is 452. The number of amides is 2. The van der Waals surface area contributed by atoms with Crippen molar-refractivity contribution in [2.45, 2.75) is 46.1 Å². The van der Waals surface area contributed by atoms with Crippen LogP contribution in [-0.4, -0.2) is 29.7 Å². The van der Waals surface area contributed by atoms with E-state index in [1.165, 1.54) is 5.56 Å². The maximum atomic E-state index is 11.8. The zero-order valence-electron chi connectivity index (χ0n) is 12.8. The zero-order valence-corrected chi connectivity index (χ0v) is 13.6. The normalized spacial score (nSPS) is 12.7. The molecule has 1 atom stereocenters. The zero-order chi connectivity index (χ0) is 15.9. The molecule has 21 heavy (non-hydrogen) atoms. The molecule has 0 aliphatic rings. The second kappa shape index (κ2) is 8.02. The quantitative estimate of drug-likeness (QED) is 0.724. The van der Waals surface area contributed by atoms with Crippen molar-refractivity contribution in [3.05, 3.63) is 22.4 Å². The lowest BCUT2D eigenvalue weighted by molar-refractivity contribution is -0.137. The van der Waals surface area contributed by atoms with E-state index in [0.29, 0.717) is 13.0 Å². The van der Waals surface area contributed by atoms with Crippen LogP contribution in [0.1, 0.15) is 39.2 Å². The Morgan fingerprint density at radius 3 is 2.62 bits per heavy atom. The summed E-state index contributed by atoms with van der Waals surface area (Å²) in [4.78, 5) is 22.7. The molecule has 0 saturated carbocycles. The fourth-order valence-corrected chi connectivity index (χ4v) is 2.82. The van der Waals surface area contributed by atoms with Gasteiger partial charge in [-0.15, -0.1) is 0 Å². The van der Waals surface area contributed by atoms with Gasteiger partial charge in [-0.1, -0.05) is 20.8 Å². The summed E-state index contributed by atoms with van der Waals surface area (Å²) in [5.41, 5.74) is 1.15. The van der Waals surface area contributed by atoms with E-state index in [-0.39, 0.29) is 23.9 Å². The van der Waals surface area contributed by atoms with Crippen LogP contribution in [0.4, 0.5) is 4.79 Å². The SMILES string of the molecule is CC(C)(C)CC(CC(=O)O)NC(=O)NCCc1ccsc1. The van der Waals surface area contributed by atoms with Crippen LogP contribution < -0.4 is 10.6 Å². The molecule has 0 aromatic carbocycles. The van der Waals surface area contributed by atoms with Crippen LogP contribution in [0.25, 0.3) is 0 Å². The van der Waals surface area contributed by atoms with Crippen molar-refractivity contribution in [2.75, 3.05) is 6.54 Å². The summed E-state index contributed by atoms with van der Waals surface area (Å²) in [6, 6.07) is 1.36.